The van der Waals surface area contributed by atoms with Crippen LogP contribution in [0.15, 0.2) is 24.3 Å². The van der Waals surface area contributed by atoms with Crippen LogP contribution in [0.5, 0.6) is 0 Å². The fourth-order valence-corrected chi connectivity index (χ4v) is 3.91. The first kappa shape index (κ1) is 12.4. The number of imidazole rings is 1. The van der Waals surface area contributed by atoms with Gasteiger partial charge in [-0.15, -0.1) is 0 Å². The summed E-state index contributed by atoms with van der Waals surface area (Å²) in [5.74, 6) is 1.05. The maximum absolute atomic E-state index is 4.64. The first-order chi connectivity index (χ1) is 9.79. The summed E-state index contributed by atoms with van der Waals surface area (Å²) in [6, 6.07) is 10.5. The Hall–Kier alpha value is -1.39. The SMILES string of the molecule is CN1C2CCC1CC(NCc1nc3ccccc3[nH]1)C2. The molecule has 0 aliphatic carbocycles. The minimum atomic E-state index is 0.650. The van der Waals surface area contributed by atoms with Crippen molar-refractivity contribution >= 4 is 11.0 Å². The van der Waals surface area contributed by atoms with Crippen molar-refractivity contribution in [1.29, 1.82) is 0 Å². The van der Waals surface area contributed by atoms with Gasteiger partial charge in [-0.3, -0.25) is 0 Å². The van der Waals surface area contributed by atoms with Crippen molar-refractivity contribution in [3.8, 4) is 0 Å². The predicted octanol–water partition coefficient (Wildman–Crippen LogP) is 2.28. The third kappa shape index (κ3) is 2.13. The Morgan fingerprint density at radius 3 is 2.75 bits per heavy atom. The molecular formula is C16H22N4. The largest absolute Gasteiger partial charge is 0.341 e. The molecule has 4 heteroatoms. The highest BCUT2D eigenvalue weighted by molar-refractivity contribution is 5.74. The van der Waals surface area contributed by atoms with Gasteiger partial charge in [-0.1, -0.05) is 12.1 Å². The topological polar surface area (TPSA) is 44.0 Å². The second-order valence-corrected chi connectivity index (χ2v) is 6.30. The number of nitrogens with zero attached hydrogens (tertiary/aromatic N) is 2. The molecule has 0 spiro atoms. The fourth-order valence-electron chi connectivity index (χ4n) is 3.91. The summed E-state index contributed by atoms with van der Waals surface area (Å²) < 4.78 is 0. The number of fused-ring (bicyclic) bond motifs is 3. The van der Waals surface area contributed by atoms with E-state index in [1.54, 1.807) is 0 Å². The van der Waals surface area contributed by atoms with Gasteiger partial charge in [-0.2, -0.15) is 0 Å². The molecule has 2 atom stereocenters. The standard InChI is InChI=1S/C16H22N4/c1-20-12-6-7-13(20)9-11(8-12)17-10-16-18-14-4-2-3-5-15(14)19-16/h2-5,11-13,17H,6-10H2,1H3,(H,18,19). The first-order valence-electron chi connectivity index (χ1n) is 7.68. The average molecular weight is 270 g/mol. The normalized spacial score (nSPS) is 30.1. The molecule has 2 fully saturated rings. The number of nitrogens with one attached hydrogen (secondary N) is 2. The lowest BCUT2D eigenvalue weighted by Crippen LogP contribution is -2.47. The van der Waals surface area contributed by atoms with E-state index in [9.17, 15) is 0 Å². The van der Waals surface area contributed by atoms with Crippen LogP contribution in [0, 0.1) is 0 Å². The zero-order valence-corrected chi connectivity index (χ0v) is 12.0. The second kappa shape index (κ2) is 4.86. The monoisotopic (exact) mass is 270 g/mol. The van der Waals surface area contributed by atoms with Gasteiger partial charge in [-0.25, -0.2) is 4.98 Å². The zero-order valence-electron chi connectivity index (χ0n) is 12.0. The van der Waals surface area contributed by atoms with Gasteiger partial charge in [0.1, 0.15) is 5.82 Å². The number of H-pyrrole nitrogens is 1. The summed E-state index contributed by atoms with van der Waals surface area (Å²) >= 11 is 0. The van der Waals surface area contributed by atoms with Crippen LogP contribution in [0.1, 0.15) is 31.5 Å². The van der Waals surface area contributed by atoms with Gasteiger partial charge in [0.15, 0.2) is 0 Å². The van der Waals surface area contributed by atoms with Crippen molar-refractivity contribution in [1.82, 2.24) is 20.2 Å². The van der Waals surface area contributed by atoms with Crippen LogP contribution in [-0.2, 0) is 6.54 Å². The number of aromatic amines is 1. The number of hydrogen-bond acceptors (Lipinski definition) is 3. The van der Waals surface area contributed by atoms with Crippen molar-refractivity contribution in [3.05, 3.63) is 30.1 Å². The summed E-state index contributed by atoms with van der Waals surface area (Å²) in [4.78, 5) is 10.6. The maximum atomic E-state index is 4.64. The number of piperidine rings is 1. The average Bonchev–Trinajstić information content (AvgIpc) is 2.94. The lowest BCUT2D eigenvalue weighted by molar-refractivity contribution is 0.148. The highest BCUT2D eigenvalue weighted by atomic mass is 15.2. The Morgan fingerprint density at radius 2 is 2.00 bits per heavy atom. The molecule has 20 heavy (non-hydrogen) atoms. The zero-order chi connectivity index (χ0) is 13.5. The minimum absolute atomic E-state index is 0.650. The van der Waals surface area contributed by atoms with Gasteiger partial charge in [0, 0.05) is 18.1 Å². The van der Waals surface area contributed by atoms with E-state index < -0.39 is 0 Å². The number of hydrogen-bond donors (Lipinski definition) is 2. The van der Waals surface area contributed by atoms with E-state index >= 15 is 0 Å². The van der Waals surface area contributed by atoms with E-state index in [0.29, 0.717) is 6.04 Å². The molecule has 4 rings (SSSR count). The lowest BCUT2D eigenvalue weighted by Gasteiger charge is -2.36. The van der Waals surface area contributed by atoms with E-state index in [2.05, 4.69) is 39.4 Å². The molecule has 0 amide bonds. The van der Waals surface area contributed by atoms with Crippen molar-refractivity contribution in [2.24, 2.45) is 0 Å². The molecule has 4 nitrogen and oxygen atoms in total. The Morgan fingerprint density at radius 1 is 1.25 bits per heavy atom. The summed E-state index contributed by atoms with van der Waals surface area (Å²) in [6.07, 6.45) is 5.33. The molecule has 2 aliphatic rings. The summed E-state index contributed by atoms with van der Waals surface area (Å²) in [5.41, 5.74) is 2.19. The Bertz CT molecular complexity index is 558. The Balaban J connectivity index is 1.41. The van der Waals surface area contributed by atoms with E-state index in [1.807, 2.05) is 12.1 Å². The molecule has 2 aliphatic heterocycles. The van der Waals surface area contributed by atoms with Gasteiger partial charge in [-0.05, 0) is 44.9 Å². The van der Waals surface area contributed by atoms with Gasteiger partial charge in [0.05, 0.1) is 17.6 Å². The van der Waals surface area contributed by atoms with Crippen LogP contribution >= 0.6 is 0 Å². The molecule has 0 radical (unpaired) electrons. The molecule has 2 bridgehead atoms. The molecule has 1 aromatic carbocycles. The van der Waals surface area contributed by atoms with E-state index in [1.165, 1.54) is 25.7 Å². The molecule has 2 saturated heterocycles. The molecule has 2 aromatic rings. The molecule has 0 saturated carbocycles. The highest BCUT2D eigenvalue weighted by Crippen LogP contribution is 2.34. The van der Waals surface area contributed by atoms with Crippen molar-refractivity contribution in [3.63, 3.8) is 0 Å². The molecule has 3 heterocycles. The Labute approximate surface area is 119 Å². The second-order valence-electron chi connectivity index (χ2n) is 6.30. The molecule has 2 unspecified atom stereocenters. The van der Waals surface area contributed by atoms with Crippen LogP contribution in [0.3, 0.4) is 0 Å². The minimum Gasteiger partial charge on any atom is -0.341 e. The summed E-state index contributed by atoms with van der Waals surface area (Å²) in [5, 5.41) is 3.70. The van der Waals surface area contributed by atoms with Crippen LogP contribution in [0.2, 0.25) is 0 Å². The van der Waals surface area contributed by atoms with E-state index in [-0.39, 0.29) is 0 Å². The van der Waals surface area contributed by atoms with Gasteiger partial charge in [0.2, 0.25) is 0 Å². The highest BCUT2D eigenvalue weighted by Gasteiger charge is 2.38. The van der Waals surface area contributed by atoms with Gasteiger partial charge < -0.3 is 15.2 Å². The van der Waals surface area contributed by atoms with Gasteiger partial charge >= 0.3 is 0 Å². The van der Waals surface area contributed by atoms with Gasteiger partial charge in [0.25, 0.3) is 0 Å². The van der Waals surface area contributed by atoms with E-state index in [4.69, 9.17) is 0 Å². The van der Waals surface area contributed by atoms with Crippen LogP contribution in [-0.4, -0.2) is 40.0 Å². The quantitative estimate of drug-likeness (QED) is 0.899. The third-order valence-corrected chi connectivity index (χ3v) is 5.09. The molecular weight excluding hydrogens is 248 g/mol. The maximum Gasteiger partial charge on any atom is 0.121 e. The van der Waals surface area contributed by atoms with Crippen molar-refractivity contribution < 1.29 is 0 Å². The fraction of sp³-hybridized carbons (Fsp3) is 0.562. The summed E-state index contributed by atoms with van der Waals surface area (Å²) in [7, 11) is 2.29. The third-order valence-electron chi connectivity index (χ3n) is 5.09. The Kier molecular flexibility index (Phi) is 3.00. The molecule has 1 aromatic heterocycles. The number of benzene rings is 1. The predicted molar refractivity (Wildman–Crippen MR) is 80.5 cm³/mol. The van der Waals surface area contributed by atoms with Crippen LogP contribution < -0.4 is 5.32 Å². The van der Waals surface area contributed by atoms with Crippen LogP contribution in [0.4, 0.5) is 0 Å². The lowest BCUT2D eigenvalue weighted by atomic mass is 9.98. The molecule has 2 N–H and O–H groups in total. The smallest absolute Gasteiger partial charge is 0.121 e. The summed E-state index contributed by atoms with van der Waals surface area (Å²) in [6.45, 7) is 0.850. The number of rotatable bonds is 3. The van der Waals surface area contributed by atoms with Crippen molar-refractivity contribution in [2.45, 2.75) is 50.4 Å². The van der Waals surface area contributed by atoms with E-state index in [0.717, 1.165) is 35.5 Å². The number of aromatic nitrogens is 2. The van der Waals surface area contributed by atoms with Crippen LogP contribution in [0.25, 0.3) is 11.0 Å². The number of para-hydroxylation sites is 2. The first-order valence-corrected chi connectivity index (χ1v) is 7.68. The molecule has 106 valence electrons. The van der Waals surface area contributed by atoms with Crippen molar-refractivity contribution in [2.75, 3.05) is 7.05 Å².